The van der Waals surface area contributed by atoms with E-state index in [4.69, 9.17) is 10.6 Å². The Kier molecular flexibility index (Phi) is 4.88. The number of aliphatic hydroxyl groups excluding tert-OH is 1. The predicted molar refractivity (Wildman–Crippen MR) is 64.0 cm³/mol. The third-order valence-electron chi connectivity index (χ3n) is 3.44. The normalized spacial score (nSPS) is 25.3. The zero-order valence-corrected chi connectivity index (χ0v) is 10.8. The van der Waals surface area contributed by atoms with Crippen LogP contribution in [-0.4, -0.2) is 53.9 Å². The maximum atomic E-state index is 11.3. The van der Waals surface area contributed by atoms with Crippen LogP contribution in [0, 0.1) is 0 Å². The van der Waals surface area contributed by atoms with Gasteiger partial charge in [-0.2, -0.15) is 0 Å². The van der Waals surface area contributed by atoms with Crippen molar-refractivity contribution in [3.8, 4) is 0 Å². The second-order valence-electron chi connectivity index (χ2n) is 5.18. The lowest BCUT2D eigenvalue weighted by Gasteiger charge is -2.35. The summed E-state index contributed by atoms with van der Waals surface area (Å²) in [6.45, 7) is 4.71. The van der Waals surface area contributed by atoms with E-state index in [0.717, 1.165) is 6.42 Å². The zero-order chi connectivity index (χ0) is 13.1. The fourth-order valence-corrected chi connectivity index (χ4v) is 1.80. The lowest BCUT2D eigenvalue weighted by molar-refractivity contribution is -0.132. The summed E-state index contributed by atoms with van der Waals surface area (Å²) in [6, 6.07) is 0. The molecule has 0 saturated carbocycles. The molecule has 100 valence electrons. The third kappa shape index (κ3) is 3.64. The Morgan fingerprint density at radius 2 is 2.24 bits per heavy atom. The van der Waals surface area contributed by atoms with Gasteiger partial charge in [0.1, 0.15) is 6.10 Å². The average molecular weight is 245 g/mol. The molecule has 1 aliphatic rings. The molecule has 1 saturated heterocycles. The summed E-state index contributed by atoms with van der Waals surface area (Å²) < 4.78 is 5.61. The van der Waals surface area contributed by atoms with E-state index >= 15 is 0 Å². The van der Waals surface area contributed by atoms with Crippen molar-refractivity contribution in [2.24, 2.45) is 5.84 Å². The molecule has 0 bridgehead atoms. The number of ether oxygens (including phenoxy) is 1. The van der Waals surface area contributed by atoms with Crippen LogP contribution < -0.4 is 11.3 Å². The van der Waals surface area contributed by atoms with Crippen LogP contribution in [0.2, 0.25) is 0 Å². The molecule has 6 nitrogen and oxygen atoms in total. The Bertz CT molecular complexity index is 271. The van der Waals surface area contributed by atoms with Crippen molar-refractivity contribution < 1.29 is 14.6 Å². The molecule has 0 aliphatic carbocycles. The van der Waals surface area contributed by atoms with Gasteiger partial charge in [0, 0.05) is 12.1 Å². The molecule has 0 radical (unpaired) electrons. The summed E-state index contributed by atoms with van der Waals surface area (Å²) in [7, 11) is 1.94. The summed E-state index contributed by atoms with van der Waals surface area (Å²) >= 11 is 0. The zero-order valence-electron chi connectivity index (χ0n) is 10.8. The SMILES string of the molecule is CN(CC1CCC(C(=O)NN)O1)C(C)(C)CO. The second kappa shape index (κ2) is 5.77. The number of hydrazine groups is 1. The van der Waals surface area contributed by atoms with Crippen molar-refractivity contribution in [1.82, 2.24) is 10.3 Å². The van der Waals surface area contributed by atoms with Gasteiger partial charge in [-0.05, 0) is 33.7 Å². The van der Waals surface area contributed by atoms with Gasteiger partial charge in [-0.15, -0.1) is 0 Å². The minimum absolute atomic E-state index is 0.0214. The standard InChI is InChI=1S/C11H23N3O3/c1-11(2,7-15)14(3)6-8-4-5-9(17-8)10(16)13-12/h8-9,15H,4-7,12H2,1-3H3,(H,13,16). The highest BCUT2D eigenvalue weighted by Crippen LogP contribution is 2.22. The molecule has 1 heterocycles. The number of carbonyl (C=O) groups is 1. The summed E-state index contributed by atoms with van der Waals surface area (Å²) in [5.41, 5.74) is 1.82. The monoisotopic (exact) mass is 245 g/mol. The Hall–Kier alpha value is -0.690. The van der Waals surface area contributed by atoms with E-state index in [2.05, 4.69) is 5.43 Å². The Labute approximate surface area is 102 Å². The maximum absolute atomic E-state index is 11.3. The molecule has 0 aromatic carbocycles. The number of nitrogens with two attached hydrogens (primary N) is 1. The van der Waals surface area contributed by atoms with Gasteiger partial charge in [0.05, 0.1) is 12.7 Å². The van der Waals surface area contributed by atoms with Crippen molar-refractivity contribution in [2.45, 2.75) is 44.4 Å². The Balaban J connectivity index is 2.43. The topological polar surface area (TPSA) is 87.8 Å². The van der Waals surface area contributed by atoms with Crippen LogP contribution in [0.1, 0.15) is 26.7 Å². The number of carbonyl (C=O) groups excluding carboxylic acids is 1. The number of amides is 1. The van der Waals surface area contributed by atoms with Crippen LogP contribution in [0.25, 0.3) is 0 Å². The number of nitrogens with one attached hydrogen (secondary N) is 1. The second-order valence-corrected chi connectivity index (χ2v) is 5.18. The van der Waals surface area contributed by atoms with Crippen molar-refractivity contribution in [3.63, 3.8) is 0 Å². The molecule has 6 heteroatoms. The number of hydrogen-bond donors (Lipinski definition) is 3. The highest BCUT2D eigenvalue weighted by Gasteiger charge is 2.33. The lowest BCUT2D eigenvalue weighted by Crippen LogP contribution is -2.47. The van der Waals surface area contributed by atoms with Gasteiger partial charge in [-0.3, -0.25) is 15.1 Å². The van der Waals surface area contributed by atoms with Gasteiger partial charge in [0.15, 0.2) is 0 Å². The Morgan fingerprint density at radius 1 is 1.59 bits per heavy atom. The molecule has 0 aromatic rings. The predicted octanol–water partition coefficient (Wildman–Crippen LogP) is -0.773. The molecule has 0 aromatic heterocycles. The summed E-state index contributed by atoms with van der Waals surface area (Å²) in [6.07, 6.45) is 1.12. The van der Waals surface area contributed by atoms with Gasteiger partial charge >= 0.3 is 0 Å². The third-order valence-corrected chi connectivity index (χ3v) is 3.44. The van der Waals surface area contributed by atoms with E-state index < -0.39 is 6.10 Å². The van der Waals surface area contributed by atoms with E-state index in [1.54, 1.807) is 0 Å². The molecule has 17 heavy (non-hydrogen) atoms. The number of hydrogen-bond acceptors (Lipinski definition) is 5. The van der Waals surface area contributed by atoms with E-state index in [1.165, 1.54) is 0 Å². The average Bonchev–Trinajstić information content (AvgIpc) is 2.76. The maximum Gasteiger partial charge on any atom is 0.263 e. The summed E-state index contributed by atoms with van der Waals surface area (Å²) in [5, 5.41) is 9.25. The van der Waals surface area contributed by atoms with Crippen molar-refractivity contribution in [2.75, 3.05) is 20.2 Å². The fourth-order valence-electron chi connectivity index (χ4n) is 1.80. The minimum atomic E-state index is -0.435. The first-order valence-corrected chi connectivity index (χ1v) is 5.88. The van der Waals surface area contributed by atoms with E-state index in [1.807, 2.05) is 25.8 Å². The largest absolute Gasteiger partial charge is 0.394 e. The first-order chi connectivity index (χ1) is 7.90. The minimum Gasteiger partial charge on any atom is -0.394 e. The fraction of sp³-hybridized carbons (Fsp3) is 0.909. The van der Waals surface area contributed by atoms with Crippen LogP contribution in [0.4, 0.5) is 0 Å². The highest BCUT2D eigenvalue weighted by molar-refractivity contribution is 5.80. The van der Waals surface area contributed by atoms with Crippen molar-refractivity contribution >= 4 is 5.91 Å². The summed E-state index contributed by atoms with van der Waals surface area (Å²) in [4.78, 5) is 13.3. The first kappa shape index (κ1) is 14.4. The summed E-state index contributed by atoms with van der Waals surface area (Å²) in [5.74, 6) is 4.80. The van der Waals surface area contributed by atoms with Gasteiger partial charge in [0.25, 0.3) is 5.91 Å². The van der Waals surface area contributed by atoms with Crippen LogP contribution in [0.3, 0.4) is 0 Å². The molecular weight excluding hydrogens is 222 g/mol. The molecule has 1 aliphatic heterocycles. The smallest absolute Gasteiger partial charge is 0.263 e. The lowest BCUT2D eigenvalue weighted by atomic mass is 10.0. The molecule has 0 spiro atoms. The highest BCUT2D eigenvalue weighted by atomic mass is 16.5. The van der Waals surface area contributed by atoms with Gasteiger partial charge < -0.3 is 9.84 Å². The number of nitrogens with zero attached hydrogens (tertiary/aromatic N) is 1. The van der Waals surface area contributed by atoms with E-state index in [-0.39, 0.29) is 24.2 Å². The molecule has 2 unspecified atom stereocenters. The Morgan fingerprint density at radius 3 is 2.76 bits per heavy atom. The van der Waals surface area contributed by atoms with Crippen LogP contribution in [0.15, 0.2) is 0 Å². The van der Waals surface area contributed by atoms with Crippen LogP contribution in [-0.2, 0) is 9.53 Å². The number of likely N-dealkylation sites (N-methyl/N-ethyl adjacent to an activating group) is 1. The van der Waals surface area contributed by atoms with Crippen molar-refractivity contribution in [3.05, 3.63) is 0 Å². The quantitative estimate of drug-likeness (QED) is 0.336. The van der Waals surface area contributed by atoms with E-state index in [9.17, 15) is 9.90 Å². The number of aliphatic hydroxyl groups is 1. The van der Waals surface area contributed by atoms with Crippen molar-refractivity contribution in [1.29, 1.82) is 0 Å². The van der Waals surface area contributed by atoms with E-state index in [0.29, 0.717) is 13.0 Å². The van der Waals surface area contributed by atoms with Crippen LogP contribution in [0.5, 0.6) is 0 Å². The van der Waals surface area contributed by atoms with Gasteiger partial charge in [-0.25, -0.2) is 5.84 Å². The molecule has 1 fully saturated rings. The number of rotatable bonds is 5. The molecule has 4 N–H and O–H groups in total. The first-order valence-electron chi connectivity index (χ1n) is 5.88. The molecular formula is C11H23N3O3. The van der Waals surface area contributed by atoms with Gasteiger partial charge in [-0.1, -0.05) is 0 Å². The van der Waals surface area contributed by atoms with Crippen LogP contribution >= 0.6 is 0 Å². The molecule has 2 atom stereocenters. The van der Waals surface area contributed by atoms with Gasteiger partial charge in [0.2, 0.25) is 0 Å². The molecule has 1 amide bonds. The molecule has 1 rings (SSSR count).